The first-order valence-electron chi connectivity index (χ1n) is 20.5. The first-order valence-corrected chi connectivity index (χ1v) is 20.5. The zero-order valence-electron chi connectivity index (χ0n) is 33.8. The van der Waals surface area contributed by atoms with E-state index in [4.69, 9.17) is 14.5 Å². The molecule has 0 aliphatic carbocycles. The summed E-state index contributed by atoms with van der Waals surface area (Å²) in [6.45, 7) is 6.84. The number of aromatic nitrogens is 4. The Morgan fingerprint density at radius 2 is 1.43 bits per heavy atom. The van der Waals surface area contributed by atoms with E-state index in [1.807, 2.05) is 24.4 Å². The van der Waals surface area contributed by atoms with Gasteiger partial charge in [0.25, 0.3) is 0 Å². The minimum absolute atomic E-state index is 0.0968. The average molecular weight is 777 g/mol. The minimum Gasteiger partial charge on any atom is -0.458 e. The van der Waals surface area contributed by atoms with Gasteiger partial charge in [0.2, 0.25) is 6.33 Å². The van der Waals surface area contributed by atoms with Gasteiger partial charge in [0.1, 0.15) is 28.8 Å². The van der Waals surface area contributed by atoms with Crippen molar-refractivity contribution in [3.8, 4) is 45.6 Å². The molecule has 0 amide bonds. The first kappa shape index (κ1) is 34.6. The van der Waals surface area contributed by atoms with Crippen molar-refractivity contribution < 1.29 is 14.0 Å². The molecule has 3 aromatic heterocycles. The summed E-state index contributed by atoms with van der Waals surface area (Å²) < 4.78 is 20.4. The number of ether oxygens (including phenoxy) is 2. The molecule has 0 saturated carbocycles. The molecule has 5 heterocycles. The third-order valence-electron chi connectivity index (χ3n) is 12.6. The number of nitrogens with zero attached hydrogens (tertiary/aromatic N) is 4. The molecule has 6 heteroatoms. The van der Waals surface area contributed by atoms with Crippen LogP contribution in [0, 0.1) is 6.33 Å². The van der Waals surface area contributed by atoms with Crippen molar-refractivity contribution in [2.24, 2.45) is 7.05 Å². The van der Waals surface area contributed by atoms with Gasteiger partial charge in [-0.15, -0.1) is 0 Å². The molecule has 0 N–H and O–H groups in total. The number of hydrogen-bond acceptors (Lipinski definition) is 3. The number of fused-ring (bicyclic) bond motifs is 11. The van der Waals surface area contributed by atoms with Gasteiger partial charge >= 0.3 is 0 Å². The van der Waals surface area contributed by atoms with Crippen LogP contribution >= 0.6 is 0 Å². The molecule has 7 aromatic carbocycles. The molecule has 0 radical (unpaired) electrons. The molecule has 6 nitrogen and oxygen atoms in total. The van der Waals surface area contributed by atoms with Gasteiger partial charge in [-0.2, -0.15) is 0 Å². The van der Waals surface area contributed by atoms with Gasteiger partial charge in [0, 0.05) is 34.2 Å². The largest absolute Gasteiger partial charge is 0.458 e. The number of aryl methyl sites for hydroxylation is 1. The molecule has 2 aliphatic rings. The maximum absolute atomic E-state index is 6.99. The molecule has 1 spiro atoms. The van der Waals surface area contributed by atoms with Crippen LogP contribution in [0.25, 0.3) is 55.5 Å². The van der Waals surface area contributed by atoms with Crippen molar-refractivity contribution in [2.75, 3.05) is 0 Å². The zero-order chi connectivity index (χ0) is 40.3. The molecule has 2 aliphatic heterocycles. The Balaban J connectivity index is 1.13. The van der Waals surface area contributed by atoms with E-state index in [2.05, 4.69) is 193 Å². The number of imidazole rings is 1. The Bertz CT molecular complexity index is 3370. The fourth-order valence-corrected chi connectivity index (χ4v) is 9.93. The van der Waals surface area contributed by atoms with Crippen LogP contribution < -0.4 is 14.0 Å². The standard InChI is InChI=1S/C54H40N4O2/c1-53(2,3)35-23-28-48-43(30-35)54(51-38(17-12-21-49(51)60-48)34-14-6-5-7-15-34)41-27-25-37(32-47(41)57-33-56(4)45-20-13-18-42(54)52(45)57)59-36-24-26-40-39-16-8-9-19-44(39)58(46(40)31-36)50-22-10-11-29-55-50/h5-32H,1-4H3. The molecule has 1 atom stereocenters. The highest BCUT2D eigenvalue weighted by atomic mass is 16.5. The summed E-state index contributed by atoms with van der Waals surface area (Å²) in [6, 6.07) is 58.1. The third-order valence-corrected chi connectivity index (χ3v) is 12.6. The molecule has 0 bridgehead atoms. The zero-order valence-corrected chi connectivity index (χ0v) is 33.8. The van der Waals surface area contributed by atoms with E-state index in [1.165, 1.54) is 16.5 Å². The number of rotatable bonds is 4. The Kier molecular flexibility index (Phi) is 7.22. The highest BCUT2D eigenvalue weighted by molar-refractivity contribution is 6.09. The topological polar surface area (TPSA) is 45.1 Å². The van der Waals surface area contributed by atoms with E-state index < -0.39 is 5.41 Å². The number of hydrogen-bond donors (Lipinski definition) is 0. The summed E-state index contributed by atoms with van der Waals surface area (Å²) in [6.07, 6.45) is 5.53. The third kappa shape index (κ3) is 4.82. The molecule has 1 unspecified atom stereocenters. The van der Waals surface area contributed by atoms with E-state index in [0.717, 1.165) is 89.8 Å². The summed E-state index contributed by atoms with van der Waals surface area (Å²) >= 11 is 0. The quantitative estimate of drug-likeness (QED) is 0.132. The van der Waals surface area contributed by atoms with Gasteiger partial charge in [-0.25, -0.2) is 4.98 Å². The monoisotopic (exact) mass is 776 g/mol. The summed E-state index contributed by atoms with van der Waals surface area (Å²) in [5, 5.41) is 2.31. The maximum atomic E-state index is 6.99. The van der Waals surface area contributed by atoms with E-state index in [0.29, 0.717) is 0 Å². The lowest BCUT2D eigenvalue weighted by Gasteiger charge is -2.47. The Labute approximate surface area is 348 Å². The number of benzene rings is 7. The molecule has 10 aromatic rings. The second kappa shape index (κ2) is 12.5. The molecule has 0 fully saturated rings. The smallest absolute Gasteiger partial charge is 0.244 e. The molecule has 288 valence electrons. The molecule has 60 heavy (non-hydrogen) atoms. The van der Waals surface area contributed by atoms with E-state index in [-0.39, 0.29) is 5.41 Å². The predicted octanol–water partition coefficient (Wildman–Crippen LogP) is 12.3. The van der Waals surface area contributed by atoms with E-state index in [9.17, 15) is 0 Å². The van der Waals surface area contributed by atoms with Crippen LogP contribution in [0.4, 0.5) is 0 Å². The van der Waals surface area contributed by atoms with Crippen molar-refractivity contribution in [1.82, 2.24) is 14.1 Å². The van der Waals surface area contributed by atoms with Gasteiger partial charge in [0.05, 0.1) is 40.2 Å². The van der Waals surface area contributed by atoms with Crippen LogP contribution in [0.3, 0.4) is 0 Å². The lowest BCUT2D eigenvalue weighted by molar-refractivity contribution is -0.649. The molecule has 12 rings (SSSR count). The highest BCUT2D eigenvalue weighted by Gasteiger charge is 2.51. The SMILES string of the molecule is C[n+]1[c-]n2c3c(cccc31)C1(c3cc(C(C)(C)C)ccc3Oc3cccc(-c4ccccc4)c31)c1ccc(Oc3ccc4c5ccccc5n(-c5ccccn5)c4c3)cc1-2. The highest BCUT2D eigenvalue weighted by Crippen LogP contribution is 2.62. The fraction of sp³-hybridized carbons (Fsp3) is 0.111. The van der Waals surface area contributed by atoms with E-state index in [1.54, 1.807) is 0 Å². The van der Waals surface area contributed by atoms with Crippen molar-refractivity contribution >= 4 is 32.8 Å². The van der Waals surface area contributed by atoms with E-state index >= 15 is 0 Å². The minimum atomic E-state index is -0.762. The number of pyridine rings is 1. The van der Waals surface area contributed by atoms with Crippen LogP contribution in [-0.2, 0) is 17.9 Å². The van der Waals surface area contributed by atoms with Crippen molar-refractivity contribution in [2.45, 2.75) is 31.6 Å². The van der Waals surface area contributed by atoms with Crippen LogP contribution in [0.5, 0.6) is 23.0 Å². The summed E-state index contributed by atoms with van der Waals surface area (Å²) in [5.41, 5.74) is 12.6. The number of para-hydroxylation sites is 2. The molecule has 0 saturated heterocycles. The van der Waals surface area contributed by atoms with Crippen LogP contribution in [0.2, 0.25) is 0 Å². The van der Waals surface area contributed by atoms with Crippen LogP contribution in [0.15, 0.2) is 170 Å². The van der Waals surface area contributed by atoms with Gasteiger partial charge < -0.3 is 18.6 Å². The molecular weight excluding hydrogens is 737 g/mol. The average Bonchev–Trinajstić information content (AvgIpc) is 3.79. The second-order valence-electron chi connectivity index (χ2n) is 17.0. The predicted molar refractivity (Wildman–Crippen MR) is 238 cm³/mol. The van der Waals surface area contributed by atoms with Crippen molar-refractivity contribution in [1.29, 1.82) is 0 Å². The fourth-order valence-electron chi connectivity index (χ4n) is 9.93. The first-order chi connectivity index (χ1) is 29.3. The van der Waals surface area contributed by atoms with Gasteiger partial charge in [-0.1, -0.05) is 124 Å². The Morgan fingerprint density at radius 1 is 0.650 bits per heavy atom. The second-order valence-corrected chi connectivity index (χ2v) is 17.0. The Morgan fingerprint density at radius 3 is 2.28 bits per heavy atom. The summed E-state index contributed by atoms with van der Waals surface area (Å²) in [5.74, 6) is 4.03. The van der Waals surface area contributed by atoms with Gasteiger partial charge in [-0.3, -0.25) is 4.57 Å². The normalized spacial score (nSPS) is 15.2. The van der Waals surface area contributed by atoms with Crippen LogP contribution in [0.1, 0.15) is 48.6 Å². The van der Waals surface area contributed by atoms with Crippen LogP contribution in [-0.4, -0.2) is 14.1 Å². The van der Waals surface area contributed by atoms with Gasteiger partial charge in [-0.05, 0) is 87.8 Å². The van der Waals surface area contributed by atoms with Gasteiger partial charge in [0.15, 0.2) is 0 Å². The van der Waals surface area contributed by atoms with Crippen molar-refractivity contribution in [3.63, 3.8) is 0 Å². The lowest BCUT2D eigenvalue weighted by Crippen LogP contribution is -2.38. The summed E-state index contributed by atoms with van der Waals surface area (Å²) in [7, 11) is 2.08. The lowest BCUT2D eigenvalue weighted by atomic mass is 9.60. The Hall–Kier alpha value is -7.44. The van der Waals surface area contributed by atoms with Crippen molar-refractivity contribution in [3.05, 3.63) is 204 Å². The summed E-state index contributed by atoms with van der Waals surface area (Å²) in [4.78, 5) is 4.75. The maximum Gasteiger partial charge on any atom is 0.244 e. The molecular formula is C54H40N4O2.